The SMILES string of the molecule is CCS(=O)(=O)c1ccc(N(CC(=O)Nc2cc(F)c(C3(c4noc(-c5ccc(F)cc5F)n4)CC3)c(OC)c2)CC(F)(F)F)cc1. The predicted octanol–water partition coefficient (Wildman–Crippen LogP) is 6.04. The second-order valence-electron chi connectivity index (χ2n) is 10.6. The first-order chi connectivity index (χ1) is 21.7. The van der Waals surface area contributed by atoms with Gasteiger partial charge in [0.15, 0.2) is 15.7 Å². The van der Waals surface area contributed by atoms with Crippen LogP contribution in [0.5, 0.6) is 5.75 Å². The summed E-state index contributed by atoms with van der Waals surface area (Å²) in [5.74, 6) is -3.93. The van der Waals surface area contributed by atoms with Crippen LogP contribution in [-0.2, 0) is 20.0 Å². The minimum atomic E-state index is -4.71. The van der Waals surface area contributed by atoms with E-state index in [1.165, 1.54) is 32.2 Å². The molecule has 0 saturated heterocycles. The molecule has 1 aliphatic carbocycles. The van der Waals surface area contributed by atoms with Gasteiger partial charge in [-0.2, -0.15) is 18.2 Å². The molecule has 244 valence electrons. The fourth-order valence-corrected chi connectivity index (χ4v) is 5.92. The monoisotopic (exact) mass is 668 g/mol. The zero-order valence-corrected chi connectivity index (χ0v) is 25.1. The Balaban J connectivity index is 1.37. The molecule has 3 aromatic carbocycles. The number of methoxy groups -OCH3 is 1. The minimum absolute atomic E-state index is 0.0213. The molecule has 0 bridgehead atoms. The maximum absolute atomic E-state index is 15.7. The molecule has 46 heavy (non-hydrogen) atoms. The molecule has 0 atom stereocenters. The van der Waals surface area contributed by atoms with Gasteiger partial charge in [0.05, 0.1) is 35.3 Å². The molecule has 1 saturated carbocycles. The molecule has 1 aromatic heterocycles. The van der Waals surface area contributed by atoms with Gasteiger partial charge in [0, 0.05) is 29.1 Å². The Kier molecular flexibility index (Phi) is 8.77. The summed E-state index contributed by atoms with van der Waals surface area (Å²) in [6, 6.07) is 9.70. The van der Waals surface area contributed by atoms with E-state index in [0.29, 0.717) is 23.8 Å². The summed E-state index contributed by atoms with van der Waals surface area (Å²) in [4.78, 5) is 17.7. The van der Waals surface area contributed by atoms with Crippen molar-refractivity contribution in [2.45, 2.75) is 36.3 Å². The number of halogens is 6. The van der Waals surface area contributed by atoms with Gasteiger partial charge in [0.1, 0.15) is 29.7 Å². The third-order valence-corrected chi connectivity index (χ3v) is 9.20. The van der Waals surface area contributed by atoms with E-state index in [1.807, 2.05) is 0 Å². The van der Waals surface area contributed by atoms with Crippen molar-refractivity contribution >= 4 is 27.1 Å². The van der Waals surface area contributed by atoms with Gasteiger partial charge in [-0.1, -0.05) is 12.1 Å². The normalized spacial score (nSPS) is 14.2. The molecule has 1 N–H and O–H groups in total. The highest BCUT2D eigenvalue weighted by atomic mass is 32.2. The Morgan fingerprint density at radius 1 is 1.04 bits per heavy atom. The lowest BCUT2D eigenvalue weighted by Gasteiger charge is -2.26. The number of hydrogen-bond acceptors (Lipinski definition) is 8. The largest absolute Gasteiger partial charge is 0.496 e. The van der Waals surface area contributed by atoms with Gasteiger partial charge in [-0.3, -0.25) is 4.79 Å². The number of carbonyl (C=O) groups excluding carboxylic acids is 1. The first-order valence-electron chi connectivity index (χ1n) is 13.8. The highest BCUT2D eigenvalue weighted by molar-refractivity contribution is 7.91. The van der Waals surface area contributed by atoms with Crippen LogP contribution in [0, 0.1) is 17.5 Å². The van der Waals surface area contributed by atoms with Crippen LogP contribution in [0.1, 0.15) is 31.2 Å². The number of sulfone groups is 1. The first kappa shape index (κ1) is 32.8. The molecule has 1 heterocycles. The molecule has 1 amide bonds. The number of anilines is 2. The third-order valence-electron chi connectivity index (χ3n) is 7.45. The van der Waals surface area contributed by atoms with Gasteiger partial charge < -0.3 is 19.5 Å². The van der Waals surface area contributed by atoms with Crippen molar-refractivity contribution in [3.05, 3.63) is 83.4 Å². The summed E-state index contributed by atoms with van der Waals surface area (Å²) in [5.41, 5.74) is -1.41. The van der Waals surface area contributed by atoms with Crippen LogP contribution in [0.15, 0.2) is 64.0 Å². The van der Waals surface area contributed by atoms with Crippen LogP contribution in [0.25, 0.3) is 11.5 Å². The fraction of sp³-hybridized carbons (Fsp3) is 0.300. The van der Waals surface area contributed by atoms with Crippen molar-refractivity contribution in [1.82, 2.24) is 10.1 Å². The molecule has 5 rings (SSSR count). The Hall–Kier alpha value is -4.60. The van der Waals surface area contributed by atoms with Gasteiger partial charge in [-0.15, -0.1) is 0 Å². The van der Waals surface area contributed by atoms with Crippen molar-refractivity contribution in [3.63, 3.8) is 0 Å². The average molecular weight is 669 g/mol. The second kappa shape index (κ2) is 12.3. The molecule has 1 aliphatic rings. The molecular weight excluding hydrogens is 642 g/mol. The van der Waals surface area contributed by atoms with Crippen molar-refractivity contribution in [2.24, 2.45) is 0 Å². The van der Waals surface area contributed by atoms with E-state index in [1.54, 1.807) is 0 Å². The maximum Gasteiger partial charge on any atom is 0.405 e. The van der Waals surface area contributed by atoms with Gasteiger partial charge in [0.25, 0.3) is 5.89 Å². The number of benzene rings is 3. The van der Waals surface area contributed by atoms with Gasteiger partial charge in [0.2, 0.25) is 5.91 Å². The number of amides is 1. The number of hydrogen-bond donors (Lipinski definition) is 1. The Labute approximate surface area is 259 Å². The van der Waals surface area contributed by atoms with E-state index in [0.717, 1.165) is 30.3 Å². The minimum Gasteiger partial charge on any atom is -0.496 e. The van der Waals surface area contributed by atoms with Crippen LogP contribution in [0.2, 0.25) is 0 Å². The third kappa shape index (κ3) is 6.80. The summed E-state index contributed by atoms with van der Waals surface area (Å²) in [6.45, 7) is -0.896. The molecule has 16 heteroatoms. The van der Waals surface area contributed by atoms with E-state index in [-0.39, 0.29) is 50.6 Å². The summed E-state index contributed by atoms with van der Waals surface area (Å²) in [7, 11) is -2.35. The summed E-state index contributed by atoms with van der Waals surface area (Å²) < 4.78 is 118. The number of aromatic nitrogens is 2. The Bertz CT molecular complexity index is 1880. The summed E-state index contributed by atoms with van der Waals surface area (Å²) >= 11 is 0. The van der Waals surface area contributed by atoms with Crippen LogP contribution in [0.4, 0.5) is 37.7 Å². The number of nitrogens with zero attached hydrogens (tertiary/aromatic N) is 3. The molecule has 1 fully saturated rings. The Morgan fingerprint density at radius 3 is 2.33 bits per heavy atom. The molecular formula is C30H26F6N4O5S. The summed E-state index contributed by atoms with van der Waals surface area (Å²) in [6.07, 6.45) is -3.98. The fourth-order valence-electron chi connectivity index (χ4n) is 5.04. The first-order valence-corrected chi connectivity index (χ1v) is 15.4. The molecule has 0 radical (unpaired) electrons. The second-order valence-corrected chi connectivity index (χ2v) is 12.9. The zero-order chi connectivity index (χ0) is 33.4. The highest BCUT2D eigenvalue weighted by Crippen LogP contribution is 2.56. The molecule has 4 aromatic rings. The van der Waals surface area contributed by atoms with E-state index in [2.05, 4.69) is 15.5 Å². The standard InChI is InChI=1S/C30H26F6N4O5S/c1-3-46(42,43)20-7-5-19(6-8-20)40(16-30(34,35)36)15-25(41)37-18-13-23(33)26(24(14-18)44-2)29(10-11-29)28-38-27(45-39-28)21-9-4-17(31)12-22(21)32/h4-9,12-14H,3,10-11,15-16H2,1-2H3,(H,37,41). The van der Waals surface area contributed by atoms with Gasteiger partial charge in [-0.25, -0.2) is 21.6 Å². The lowest BCUT2D eigenvalue weighted by Crippen LogP contribution is -2.39. The van der Waals surface area contributed by atoms with Crippen molar-refractivity contribution in [3.8, 4) is 17.2 Å². The molecule has 9 nitrogen and oxygen atoms in total. The van der Waals surface area contributed by atoms with Crippen molar-refractivity contribution in [2.75, 3.05) is 36.2 Å². The molecule has 0 aliphatic heterocycles. The van der Waals surface area contributed by atoms with Gasteiger partial charge >= 0.3 is 6.18 Å². The van der Waals surface area contributed by atoms with Crippen molar-refractivity contribution in [1.29, 1.82) is 0 Å². The quantitative estimate of drug-likeness (QED) is 0.193. The molecule has 0 spiro atoms. The predicted molar refractivity (Wildman–Crippen MR) is 154 cm³/mol. The van der Waals surface area contributed by atoms with E-state index in [4.69, 9.17) is 9.26 Å². The number of carbonyl (C=O) groups is 1. The van der Waals surface area contributed by atoms with E-state index >= 15 is 4.39 Å². The zero-order valence-electron chi connectivity index (χ0n) is 24.3. The van der Waals surface area contributed by atoms with Crippen LogP contribution >= 0.6 is 0 Å². The smallest absolute Gasteiger partial charge is 0.405 e. The molecule has 0 unspecified atom stereocenters. The Morgan fingerprint density at radius 2 is 1.74 bits per heavy atom. The number of rotatable bonds is 11. The lowest BCUT2D eigenvalue weighted by atomic mass is 9.93. The summed E-state index contributed by atoms with van der Waals surface area (Å²) in [5, 5.41) is 6.28. The lowest BCUT2D eigenvalue weighted by molar-refractivity contribution is -0.122. The maximum atomic E-state index is 15.7. The number of ether oxygens (including phenoxy) is 1. The average Bonchev–Trinajstić information content (AvgIpc) is 3.63. The van der Waals surface area contributed by atoms with E-state index < -0.39 is 57.9 Å². The van der Waals surface area contributed by atoms with Gasteiger partial charge in [-0.05, 0) is 55.3 Å². The van der Waals surface area contributed by atoms with E-state index in [9.17, 15) is 35.2 Å². The number of nitrogens with one attached hydrogen (secondary N) is 1. The van der Waals surface area contributed by atoms with Crippen LogP contribution in [-0.4, -0.2) is 56.6 Å². The highest BCUT2D eigenvalue weighted by Gasteiger charge is 2.53. The van der Waals surface area contributed by atoms with Crippen LogP contribution in [0.3, 0.4) is 0 Å². The number of alkyl halides is 3. The van der Waals surface area contributed by atoms with Crippen molar-refractivity contribution < 1.29 is 48.8 Å². The van der Waals surface area contributed by atoms with Crippen LogP contribution < -0.4 is 15.0 Å². The topological polar surface area (TPSA) is 115 Å².